The minimum absolute atomic E-state index is 0.462. The minimum Gasteiger partial charge on any atom is -0.399 e. The van der Waals surface area contributed by atoms with Crippen molar-refractivity contribution in [2.24, 2.45) is 0 Å². The van der Waals surface area contributed by atoms with Crippen molar-refractivity contribution in [3.63, 3.8) is 0 Å². The van der Waals surface area contributed by atoms with Gasteiger partial charge in [-0.05, 0) is 121 Å². The smallest absolute Gasteiger partial charge is 0.0316 e. The van der Waals surface area contributed by atoms with E-state index in [9.17, 15) is 0 Å². The molecular weight excluding hydrogens is 785 g/mol. The number of aryl methyl sites for hydroxylation is 4. The topological polar surface area (TPSA) is 52.0 Å². The van der Waals surface area contributed by atoms with Crippen molar-refractivity contribution in [3.05, 3.63) is 129 Å². The molecule has 0 radical (unpaired) electrons. The molecule has 0 saturated carbocycles. The lowest BCUT2D eigenvalue weighted by Crippen LogP contribution is -2.05. The highest BCUT2D eigenvalue weighted by Gasteiger charge is 2.18. The molecule has 4 N–H and O–H groups in total. The third-order valence-electron chi connectivity index (χ3n) is 14.7. The zero-order chi connectivity index (χ0) is 46.2. The van der Waals surface area contributed by atoms with Crippen LogP contribution in [0.4, 0.5) is 11.4 Å². The predicted molar refractivity (Wildman–Crippen MR) is 290 cm³/mol. The van der Waals surface area contributed by atoms with Crippen molar-refractivity contribution >= 4 is 11.4 Å². The Hall–Kier alpha value is -3.52. The van der Waals surface area contributed by atoms with Gasteiger partial charge in [-0.15, -0.1) is 0 Å². The number of unbranched alkanes of at least 4 members (excludes halogenated alkanes) is 26. The molecule has 2 heteroatoms. The van der Waals surface area contributed by atoms with Gasteiger partial charge in [0.05, 0.1) is 0 Å². The Morgan fingerprint density at radius 1 is 0.323 bits per heavy atom. The van der Waals surface area contributed by atoms with Crippen LogP contribution in [0, 0.1) is 13.8 Å². The average Bonchev–Trinajstić information content (AvgIpc) is 3.30. The highest BCUT2D eigenvalue weighted by atomic mass is 14.5. The second kappa shape index (κ2) is 33.9. The summed E-state index contributed by atoms with van der Waals surface area (Å²) in [6.07, 6.45) is 44.8. The number of nitrogen functional groups attached to an aromatic ring is 2. The maximum atomic E-state index is 6.15. The van der Waals surface area contributed by atoms with Gasteiger partial charge < -0.3 is 11.5 Å². The third kappa shape index (κ3) is 22.2. The number of benzene rings is 4. The van der Waals surface area contributed by atoms with Crippen LogP contribution in [0.5, 0.6) is 0 Å². The summed E-state index contributed by atoms with van der Waals surface area (Å²) in [6.45, 7) is 9.08. The molecule has 2 unspecified atom stereocenters. The maximum absolute atomic E-state index is 6.15. The SMILES string of the molecule is CCCCCCCCCCC(c1ccc(CCCCCCCCCCCCCCCc2ccc(C(CCCCCCCCCC)c3ccc(N)cc3C)cc2)cc1)c1ccc(N)cc1C. The summed E-state index contributed by atoms with van der Waals surface area (Å²) in [5, 5.41) is 0. The third-order valence-corrected chi connectivity index (χ3v) is 14.7. The first-order valence-corrected chi connectivity index (χ1v) is 27.8. The van der Waals surface area contributed by atoms with Crippen LogP contribution in [0.25, 0.3) is 0 Å². The Morgan fingerprint density at radius 2 is 0.600 bits per heavy atom. The van der Waals surface area contributed by atoms with Crippen LogP contribution < -0.4 is 11.5 Å². The molecule has 4 rings (SSSR count). The molecule has 0 fully saturated rings. The number of hydrogen-bond donors (Lipinski definition) is 2. The Morgan fingerprint density at radius 3 is 0.892 bits per heavy atom. The molecule has 0 aliphatic carbocycles. The minimum atomic E-state index is 0.462. The van der Waals surface area contributed by atoms with Crippen LogP contribution in [0.1, 0.15) is 269 Å². The lowest BCUT2D eigenvalue weighted by molar-refractivity contribution is 0.536. The van der Waals surface area contributed by atoms with Crippen molar-refractivity contribution in [2.45, 2.75) is 251 Å². The first-order chi connectivity index (χ1) is 31.9. The van der Waals surface area contributed by atoms with Crippen LogP contribution in [-0.2, 0) is 12.8 Å². The van der Waals surface area contributed by atoms with E-state index < -0.39 is 0 Å². The normalized spacial score (nSPS) is 12.5. The Labute approximate surface area is 402 Å². The molecule has 0 aromatic heterocycles. The number of rotatable bonds is 38. The van der Waals surface area contributed by atoms with Gasteiger partial charge in [0.25, 0.3) is 0 Å². The van der Waals surface area contributed by atoms with E-state index in [-0.39, 0.29) is 0 Å². The van der Waals surface area contributed by atoms with E-state index in [1.54, 1.807) is 0 Å². The Bertz CT molecular complexity index is 1640. The fourth-order valence-corrected chi connectivity index (χ4v) is 10.6. The van der Waals surface area contributed by atoms with E-state index >= 15 is 0 Å². The van der Waals surface area contributed by atoms with E-state index in [0.717, 1.165) is 11.4 Å². The van der Waals surface area contributed by atoms with Crippen LogP contribution in [0.15, 0.2) is 84.9 Å². The average molecular weight is 883 g/mol. The molecular formula is C63H98N2. The predicted octanol–water partition coefficient (Wildman–Crippen LogP) is 19.6. The zero-order valence-corrected chi connectivity index (χ0v) is 42.7. The van der Waals surface area contributed by atoms with Crippen LogP contribution in [0.3, 0.4) is 0 Å². The molecule has 0 bridgehead atoms. The molecule has 65 heavy (non-hydrogen) atoms. The highest BCUT2D eigenvalue weighted by molar-refractivity contribution is 5.49. The zero-order valence-electron chi connectivity index (χ0n) is 42.7. The molecule has 0 saturated heterocycles. The van der Waals surface area contributed by atoms with Crippen molar-refractivity contribution in [1.29, 1.82) is 0 Å². The molecule has 0 aliphatic rings. The molecule has 0 spiro atoms. The van der Waals surface area contributed by atoms with E-state index in [4.69, 9.17) is 11.5 Å². The van der Waals surface area contributed by atoms with Crippen LogP contribution in [0.2, 0.25) is 0 Å². The maximum Gasteiger partial charge on any atom is 0.0316 e. The highest BCUT2D eigenvalue weighted by Crippen LogP contribution is 2.35. The van der Waals surface area contributed by atoms with Gasteiger partial charge in [-0.1, -0.05) is 248 Å². The van der Waals surface area contributed by atoms with Crippen LogP contribution >= 0.6 is 0 Å². The molecule has 2 atom stereocenters. The standard InChI is InChI=1S/C63H98N2/c1-5-7-9-11-13-24-28-32-36-62(60-48-46-58(64)50-52(60)3)56-42-38-54(39-43-56)34-30-26-22-20-18-16-15-17-19-21-23-27-31-35-55-40-44-57(45-41-55)63(61-49-47-59(65)51-53(61)4)37-33-29-25-14-12-10-8-6-2/h38-51,62-63H,5-37,64-65H2,1-4H3. The Balaban J connectivity index is 1.02. The molecule has 4 aromatic carbocycles. The summed E-state index contributed by atoms with van der Waals surface area (Å²) < 4.78 is 0. The van der Waals surface area contributed by atoms with Gasteiger partial charge in [-0.3, -0.25) is 0 Å². The summed E-state index contributed by atoms with van der Waals surface area (Å²) in [7, 11) is 0. The molecule has 0 heterocycles. The second-order valence-electron chi connectivity index (χ2n) is 20.4. The molecule has 360 valence electrons. The summed E-state index contributed by atoms with van der Waals surface area (Å²) in [6, 6.07) is 32.5. The van der Waals surface area contributed by atoms with Gasteiger partial charge >= 0.3 is 0 Å². The lowest BCUT2D eigenvalue weighted by Gasteiger charge is -2.21. The summed E-state index contributed by atoms with van der Waals surface area (Å²) >= 11 is 0. The van der Waals surface area contributed by atoms with Gasteiger partial charge in [0.15, 0.2) is 0 Å². The van der Waals surface area contributed by atoms with E-state index in [1.807, 2.05) is 0 Å². The van der Waals surface area contributed by atoms with Crippen molar-refractivity contribution in [3.8, 4) is 0 Å². The fourth-order valence-electron chi connectivity index (χ4n) is 10.6. The van der Waals surface area contributed by atoms with Crippen LogP contribution in [-0.4, -0.2) is 0 Å². The van der Waals surface area contributed by atoms with Crippen molar-refractivity contribution in [1.82, 2.24) is 0 Å². The van der Waals surface area contributed by atoms with Gasteiger partial charge in [0.2, 0.25) is 0 Å². The van der Waals surface area contributed by atoms with Gasteiger partial charge in [0.1, 0.15) is 0 Å². The quantitative estimate of drug-likeness (QED) is 0.0348. The molecule has 0 amide bonds. The Kier molecular flexibility index (Phi) is 28.2. The first kappa shape index (κ1) is 54.1. The monoisotopic (exact) mass is 883 g/mol. The first-order valence-electron chi connectivity index (χ1n) is 27.8. The van der Waals surface area contributed by atoms with Gasteiger partial charge in [-0.2, -0.15) is 0 Å². The summed E-state index contributed by atoms with van der Waals surface area (Å²) in [5.41, 5.74) is 25.6. The van der Waals surface area contributed by atoms with Crippen molar-refractivity contribution < 1.29 is 0 Å². The van der Waals surface area contributed by atoms with Gasteiger partial charge in [0, 0.05) is 23.2 Å². The largest absolute Gasteiger partial charge is 0.399 e. The second-order valence-corrected chi connectivity index (χ2v) is 20.4. The van der Waals surface area contributed by atoms with E-state index in [0.29, 0.717) is 11.8 Å². The number of hydrogen-bond acceptors (Lipinski definition) is 2. The lowest BCUT2D eigenvalue weighted by atomic mass is 9.84. The molecule has 2 nitrogen and oxygen atoms in total. The molecule has 0 aliphatic heterocycles. The van der Waals surface area contributed by atoms with E-state index in [2.05, 4.69) is 113 Å². The van der Waals surface area contributed by atoms with Crippen molar-refractivity contribution in [2.75, 3.05) is 11.5 Å². The number of nitrogens with two attached hydrogens (primary N) is 2. The number of anilines is 2. The molecule has 4 aromatic rings. The fraction of sp³-hybridized carbons (Fsp3) is 0.619. The van der Waals surface area contributed by atoms with Gasteiger partial charge in [-0.25, -0.2) is 0 Å². The summed E-state index contributed by atoms with van der Waals surface area (Å²) in [5.74, 6) is 0.925. The van der Waals surface area contributed by atoms with E-state index in [1.165, 1.54) is 256 Å². The summed E-state index contributed by atoms with van der Waals surface area (Å²) in [4.78, 5) is 0.